The standard InChI is InChI=1S/C8H13F2N3/c1-2-6(11)3-7-4-13(5-12-7)8(9)10/h4-6,8H,2-3,11H2,1H3. The number of hydrogen-bond acceptors (Lipinski definition) is 2. The number of halogens is 2. The first-order chi connectivity index (χ1) is 6.13. The van der Waals surface area contributed by atoms with Crippen molar-refractivity contribution in [2.75, 3.05) is 0 Å². The fourth-order valence-electron chi connectivity index (χ4n) is 1.00. The highest BCUT2D eigenvalue weighted by molar-refractivity contribution is 4.99. The van der Waals surface area contributed by atoms with Crippen molar-refractivity contribution in [3.63, 3.8) is 0 Å². The lowest BCUT2D eigenvalue weighted by Crippen LogP contribution is -2.21. The van der Waals surface area contributed by atoms with Gasteiger partial charge in [0.15, 0.2) is 0 Å². The summed E-state index contributed by atoms with van der Waals surface area (Å²) in [5, 5.41) is 0. The summed E-state index contributed by atoms with van der Waals surface area (Å²) in [6, 6.07) is 0.000947. The van der Waals surface area contributed by atoms with Gasteiger partial charge in [-0.3, -0.25) is 4.57 Å². The van der Waals surface area contributed by atoms with Crippen LogP contribution in [0.5, 0.6) is 0 Å². The normalized spacial score (nSPS) is 13.6. The van der Waals surface area contributed by atoms with Gasteiger partial charge in [0.25, 0.3) is 0 Å². The Balaban J connectivity index is 2.58. The Morgan fingerprint density at radius 2 is 2.31 bits per heavy atom. The Morgan fingerprint density at radius 3 is 2.77 bits per heavy atom. The molecule has 1 atom stereocenters. The molecule has 0 radical (unpaired) electrons. The number of nitrogens with zero attached hydrogens (tertiary/aromatic N) is 2. The Bertz CT molecular complexity index is 260. The molecule has 0 aliphatic carbocycles. The van der Waals surface area contributed by atoms with Gasteiger partial charge in [-0.1, -0.05) is 6.92 Å². The monoisotopic (exact) mass is 189 g/mol. The zero-order valence-corrected chi connectivity index (χ0v) is 7.45. The maximum Gasteiger partial charge on any atom is 0.319 e. The summed E-state index contributed by atoms with van der Waals surface area (Å²) in [6.07, 6.45) is 3.83. The number of imidazole rings is 1. The van der Waals surface area contributed by atoms with Gasteiger partial charge >= 0.3 is 6.55 Å². The summed E-state index contributed by atoms with van der Waals surface area (Å²) in [5.74, 6) is 0. The molecule has 0 aromatic carbocycles. The molecule has 2 N–H and O–H groups in total. The third-order valence-electron chi connectivity index (χ3n) is 1.88. The average Bonchev–Trinajstić information content (AvgIpc) is 2.52. The van der Waals surface area contributed by atoms with Crippen LogP contribution in [-0.4, -0.2) is 15.6 Å². The molecule has 0 fully saturated rings. The van der Waals surface area contributed by atoms with E-state index in [1.54, 1.807) is 0 Å². The Morgan fingerprint density at radius 1 is 1.62 bits per heavy atom. The van der Waals surface area contributed by atoms with Crippen LogP contribution in [0.2, 0.25) is 0 Å². The van der Waals surface area contributed by atoms with Crippen molar-refractivity contribution in [2.45, 2.75) is 32.4 Å². The van der Waals surface area contributed by atoms with Crippen LogP contribution in [0.15, 0.2) is 12.5 Å². The van der Waals surface area contributed by atoms with Crippen LogP contribution < -0.4 is 5.73 Å². The fourth-order valence-corrected chi connectivity index (χ4v) is 1.00. The predicted molar refractivity (Wildman–Crippen MR) is 45.5 cm³/mol. The lowest BCUT2D eigenvalue weighted by atomic mass is 10.1. The molecule has 3 nitrogen and oxygen atoms in total. The summed E-state index contributed by atoms with van der Waals surface area (Å²) in [4.78, 5) is 3.83. The van der Waals surface area contributed by atoms with Crippen molar-refractivity contribution in [3.8, 4) is 0 Å². The van der Waals surface area contributed by atoms with E-state index in [4.69, 9.17) is 5.73 Å². The molecule has 1 rings (SSSR count). The third kappa shape index (κ3) is 2.77. The highest BCUT2D eigenvalue weighted by Crippen LogP contribution is 2.10. The van der Waals surface area contributed by atoms with Gasteiger partial charge in [-0.15, -0.1) is 0 Å². The molecule has 1 unspecified atom stereocenters. The first-order valence-corrected chi connectivity index (χ1v) is 4.19. The second-order valence-electron chi connectivity index (χ2n) is 2.96. The van der Waals surface area contributed by atoms with E-state index in [9.17, 15) is 8.78 Å². The Kier molecular flexibility index (Phi) is 3.36. The van der Waals surface area contributed by atoms with Crippen LogP contribution in [-0.2, 0) is 6.42 Å². The van der Waals surface area contributed by atoms with E-state index < -0.39 is 6.55 Å². The SMILES string of the molecule is CCC(N)Cc1cn(C(F)F)cn1. The molecular formula is C8H13F2N3. The van der Waals surface area contributed by atoms with Crippen LogP contribution in [0.4, 0.5) is 8.78 Å². The molecule has 1 heterocycles. The lowest BCUT2D eigenvalue weighted by Gasteiger charge is -2.04. The summed E-state index contributed by atoms with van der Waals surface area (Å²) < 4.78 is 25.0. The van der Waals surface area contributed by atoms with Crippen molar-refractivity contribution >= 4 is 0 Å². The van der Waals surface area contributed by atoms with E-state index in [0.717, 1.165) is 17.3 Å². The maximum atomic E-state index is 12.1. The average molecular weight is 189 g/mol. The number of rotatable bonds is 4. The minimum atomic E-state index is -2.51. The highest BCUT2D eigenvalue weighted by Gasteiger charge is 2.08. The molecule has 74 valence electrons. The number of hydrogen-bond donors (Lipinski definition) is 1. The van der Waals surface area contributed by atoms with E-state index in [-0.39, 0.29) is 6.04 Å². The van der Waals surface area contributed by atoms with Crippen LogP contribution in [0.1, 0.15) is 25.6 Å². The summed E-state index contributed by atoms with van der Waals surface area (Å²) in [6.45, 7) is -0.562. The van der Waals surface area contributed by atoms with Gasteiger partial charge in [0.2, 0.25) is 0 Å². The van der Waals surface area contributed by atoms with E-state index in [2.05, 4.69) is 4.98 Å². The number of alkyl halides is 2. The molecule has 0 bridgehead atoms. The molecule has 0 spiro atoms. The topological polar surface area (TPSA) is 43.8 Å². The minimum Gasteiger partial charge on any atom is -0.327 e. The third-order valence-corrected chi connectivity index (χ3v) is 1.88. The molecule has 1 aromatic heterocycles. The number of aromatic nitrogens is 2. The smallest absolute Gasteiger partial charge is 0.319 e. The fraction of sp³-hybridized carbons (Fsp3) is 0.625. The predicted octanol–water partition coefficient (Wildman–Crippen LogP) is 1.56. The van der Waals surface area contributed by atoms with Crippen molar-refractivity contribution < 1.29 is 8.78 Å². The molecule has 0 saturated heterocycles. The molecule has 0 amide bonds. The zero-order valence-electron chi connectivity index (χ0n) is 7.45. The van der Waals surface area contributed by atoms with Crippen molar-refractivity contribution in [1.29, 1.82) is 0 Å². The largest absolute Gasteiger partial charge is 0.327 e. The molecule has 1 aromatic rings. The number of nitrogens with two attached hydrogens (primary N) is 1. The molecule has 5 heteroatoms. The summed E-state index contributed by atoms with van der Waals surface area (Å²) in [5.41, 5.74) is 6.27. The van der Waals surface area contributed by atoms with Crippen molar-refractivity contribution in [1.82, 2.24) is 9.55 Å². The van der Waals surface area contributed by atoms with E-state index in [1.807, 2.05) is 6.92 Å². The molecule has 0 aliphatic heterocycles. The van der Waals surface area contributed by atoms with Crippen LogP contribution >= 0.6 is 0 Å². The molecule has 0 aliphatic rings. The van der Waals surface area contributed by atoms with E-state index in [0.29, 0.717) is 12.1 Å². The summed E-state index contributed by atoms with van der Waals surface area (Å²) in [7, 11) is 0. The second-order valence-corrected chi connectivity index (χ2v) is 2.96. The van der Waals surface area contributed by atoms with Gasteiger partial charge in [-0.2, -0.15) is 8.78 Å². The van der Waals surface area contributed by atoms with Crippen LogP contribution in [0, 0.1) is 0 Å². The first-order valence-electron chi connectivity index (χ1n) is 4.19. The van der Waals surface area contributed by atoms with Crippen molar-refractivity contribution in [2.24, 2.45) is 5.73 Å². The highest BCUT2D eigenvalue weighted by atomic mass is 19.3. The van der Waals surface area contributed by atoms with Gasteiger partial charge in [0.05, 0.1) is 12.0 Å². The Labute approximate surface area is 75.6 Å². The zero-order chi connectivity index (χ0) is 9.84. The van der Waals surface area contributed by atoms with Gasteiger partial charge in [-0.25, -0.2) is 4.98 Å². The van der Waals surface area contributed by atoms with Crippen LogP contribution in [0.3, 0.4) is 0 Å². The van der Waals surface area contributed by atoms with Gasteiger partial charge < -0.3 is 5.73 Å². The van der Waals surface area contributed by atoms with E-state index in [1.165, 1.54) is 6.20 Å². The van der Waals surface area contributed by atoms with Gasteiger partial charge in [-0.05, 0) is 6.42 Å². The Hall–Kier alpha value is -0.970. The first kappa shape index (κ1) is 10.1. The quantitative estimate of drug-likeness (QED) is 0.781. The van der Waals surface area contributed by atoms with Gasteiger partial charge in [0.1, 0.15) is 0 Å². The van der Waals surface area contributed by atoms with E-state index >= 15 is 0 Å². The lowest BCUT2D eigenvalue weighted by molar-refractivity contribution is 0.0700. The van der Waals surface area contributed by atoms with Gasteiger partial charge in [0, 0.05) is 18.7 Å². The van der Waals surface area contributed by atoms with Crippen molar-refractivity contribution in [3.05, 3.63) is 18.2 Å². The summed E-state index contributed by atoms with van der Waals surface area (Å²) >= 11 is 0. The minimum absolute atomic E-state index is 0.000947. The van der Waals surface area contributed by atoms with Crippen LogP contribution in [0.25, 0.3) is 0 Å². The molecular weight excluding hydrogens is 176 g/mol. The second kappa shape index (κ2) is 4.32. The maximum absolute atomic E-state index is 12.1. The molecule has 13 heavy (non-hydrogen) atoms. The molecule has 0 saturated carbocycles.